The molecule has 0 aliphatic heterocycles. The zero-order valence-electron chi connectivity index (χ0n) is 18.1. The van der Waals surface area contributed by atoms with Crippen LogP contribution in [-0.2, 0) is 30.5 Å². The number of alkyl halides is 1. The molecule has 0 saturated carbocycles. The van der Waals surface area contributed by atoms with Crippen LogP contribution in [0.3, 0.4) is 0 Å². The van der Waals surface area contributed by atoms with Gasteiger partial charge in [-0.15, -0.1) is 0 Å². The number of nitrogens with two attached hydrogens (primary N) is 1. The minimum absolute atomic E-state index is 0.0743. The molecule has 0 spiro atoms. The molecule has 11 heteroatoms. The number of carbonyl (C=O) groups excluding carboxylic acids is 4. The molecule has 1 aromatic rings. The van der Waals surface area contributed by atoms with E-state index in [1.54, 1.807) is 44.2 Å². The van der Waals surface area contributed by atoms with Crippen molar-refractivity contribution < 1.29 is 38.2 Å². The van der Waals surface area contributed by atoms with Crippen LogP contribution in [-0.4, -0.2) is 64.5 Å². The fraction of sp³-hybridized carbons (Fsp3) is 0.476. The van der Waals surface area contributed by atoms with E-state index in [0.29, 0.717) is 10.5 Å². The third kappa shape index (κ3) is 7.64. The molecule has 0 radical (unpaired) electrons. The van der Waals surface area contributed by atoms with Gasteiger partial charge >= 0.3 is 12.1 Å². The highest BCUT2D eigenvalue weighted by molar-refractivity contribution is 5.97. The van der Waals surface area contributed by atoms with E-state index in [9.17, 15) is 28.4 Å². The summed E-state index contributed by atoms with van der Waals surface area (Å²) in [6.45, 7) is 2.72. The van der Waals surface area contributed by atoms with Crippen molar-refractivity contribution in [1.82, 2.24) is 10.2 Å². The van der Waals surface area contributed by atoms with Gasteiger partial charge in [0, 0.05) is 0 Å². The third-order valence-electron chi connectivity index (χ3n) is 4.71. The maximum atomic E-state index is 13.3. The lowest BCUT2D eigenvalue weighted by Crippen LogP contribution is -2.61. The number of primary amides is 1. The molecule has 0 aliphatic carbocycles. The summed E-state index contributed by atoms with van der Waals surface area (Å²) in [5.74, 6) is -5.24. The van der Waals surface area contributed by atoms with Crippen molar-refractivity contribution in [3.63, 3.8) is 0 Å². The fourth-order valence-corrected chi connectivity index (χ4v) is 2.94. The second-order valence-electron chi connectivity index (χ2n) is 7.47. The number of carbonyl (C=O) groups is 5. The van der Waals surface area contributed by atoms with E-state index in [1.807, 2.05) is 0 Å². The van der Waals surface area contributed by atoms with Gasteiger partial charge in [0.1, 0.15) is 31.4 Å². The molecule has 10 nitrogen and oxygen atoms in total. The van der Waals surface area contributed by atoms with Gasteiger partial charge in [0.05, 0.1) is 6.42 Å². The van der Waals surface area contributed by atoms with Gasteiger partial charge < -0.3 is 25.8 Å². The van der Waals surface area contributed by atoms with Gasteiger partial charge in [-0.05, 0) is 18.4 Å². The highest BCUT2D eigenvalue weighted by Gasteiger charge is 2.41. The number of hydrogen-bond acceptors (Lipinski definition) is 6. The highest BCUT2D eigenvalue weighted by Crippen LogP contribution is 2.17. The molecule has 1 aromatic carbocycles. The van der Waals surface area contributed by atoms with E-state index in [0.717, 1.165) is 0 Å². The van der Waals surface area contributed by atoms with E-state index in [1.165, 1.54) is 6.92 Å². The molecular weight excluding hydrogens is 425 g/mol. The van der Waals surface area contributed by atoms with Crippen LogP contribution in [0.4, 0.5) is 9.18 Å². The molecule has 3 atom stereocenters. The SMILES string of the molecule is CC(C)[C@H](NC(=O)OCc1ccccc1)C(=O)N([C@@H](C)C(N)=O)[C@@H](CC(=O)O)C(=O)CF. The van der Waals surface area contributed by atoms with Crippen molar-refractivity contribution in [3.05, 3.63) is 35.9 Å². The Bertz CT molecular complexity index is 832. The van der Waals surface area contributed by atoms with Crippen LogP contribution < -0.4 is 11.1 Å². The van der Waals surface area contributed by atoms with Gasteiger partial charge in [0.25, 0.3) is 0 Å². The van der Waals surface area contributed by atoms with Crippen LogP contribution in [0.5, 0.6) is 0 Å². The summed E-state index contributed by atoms with van der Waals surface area (Å²) < 4.78 is 18.2. The van der Waals surface area contributed by atoms with E-state index in [4.69, 9.17) is 15.6 Å². The Hall–Kier alpha value is -3.50. The number of amides is 3. The molecular formula is C21H28FN3O7. The molecule has 0 unspecified atom stereocenters. The summed E-state index contributed by atoms with van der Waals surface area (Å²) >= 11 is 0. The number of ketones is 1. The van der Waals surface area contributed by atoms with E-state index in [2.05, 4.69) is 5.32 Å². The number of carboxylic acid groups (broad SMARTS) is 1. The summed E-state index contributed by atoms with van der Waals surface area (Å²) in [4.78, 5) is 61.3. The van der Waals surface area contributed by atoms with E-state index < -0.39 is 66.8 Å². The minimum atomic E-state index is -1.78. The number of alkyl carbamates (subject to hydrolysis) is 1. The number of Topliss-reactive ketones (excluding diaryl/α,β-unsaturated/α-hetero) is 1. The van der Waals surface area contributed by atoms with Crippen molar-refractivity contribution >= 4 is 29.7 Å². The number of rotatable bonds is 12. The molecule has 0 bridgehead atoms. The topological polar surface area (TPSA) is 156 Å². The Balaban J connectivity index is 3.14. The van der Waals surface area contributed by atoms with Crippen LogP contribution in [0, 0.1) is 5.92 Å². The van der Waals surface area contributed by atoms with E-state index >= 15 is 0 Å². The van der Waals surface area contributed by atoms with Crippen LogP contribution in [0.15, 0.2) is 30.3 Å². The van der Waals surface area contributed by atoms with Crippen molar-refractivity contribution in [1.29, 1.82) is 0 Å². The van der Waals surface area contributed by atoms with Crippen molar-refractivity contribution in [3.8, 4) is 0 Å². The largest absolute Gasteiger partial charge is 0.481 e. The zero-order chi connectivity index (χ0) is 24.4. The van der Waals surface area contributed by atoms with Crippen LogP contribution >= 0.6 is 0 Å². The Labute approximate surface area is 184 Å². The van der Waals surface area contributed by atoms with Crippen molar-refractivity contribution in [2.45, 2.75) is 51.9 Å². The quantitative estimate of drug-likeness (QED) is 0.426. The maximum absolute atomic E-state index is 13.3. The molecule has 4 N–H and O–H groups in total. The lowest BCUT2D eigenvalue weighted by atomic mass is 9.98. The first-order valence-electron chi connectivity index (χ1n) is 9.88. The molecule has 0 fully saturated rings. The fourth-order valence-electron chi connectivity index (χ4n) is 2.94. The molecule has 176 valence electrons. The Morgan fingerprint density at radius 2 is 1.72 bits per heavy atom. The van der Waals surface area contributed by atoms with Gasteiger partial charge in [0.15, 0.2) is 5.78 Å². The van der Waals surface area contributed by atoms with Crippen molar-refractivity contribution in [2.75, 3.05) is 6.67 Å². The predicted molar refractivity (Wildman–Crippen MR) is 111 cm³/mol. The molecule has 0 saturated heterocycles. The average Bonchev–Trinajstić information content (AvgIpc) is 2.74. The number of aliphatic carboxylic acids is 1. The van der Waals surface area contributed by atoms with Gasteiger partial charge in [0.2, 0.25) is 11.8 Å². The monoisotopic (exact) mass is 453 g/mol. The van der Waals surface area contributed by atoms with Crippen LogP contribution in [0.25, 0.3) is 0 Å². The van der Waals surface area contributed by atoms with Crippen LogP contribution in [0.2, 0.25) is 0 Å². The Morgan fingerprint density at radius 1 is 1.12 bits per heavy atom. The number of ether oxygens (including phenoxy) is 1. The first kappa shape index (κ1) is 26.5. The molecule has 0 aliphatic rings. The number of nitrogens with one attached hydrogen (secondary N) is 1. The first-order valence-corrected chi connectivity index (χ1v) is 9.88. The molecule has 32 heavy (non-hydrogen) atoms. The smallest absolute Gasteiger partial charge is 0.408 e. The van der Waals surface area contributed by atoms with Gasteiger partial charge in [-0.2, -0.15) is 0 Å². The highest BCUT2D eigenvalue weighted by atomic mass is 19.1. The minimum Gasteiger partial charge on any atom is -0.481 e. The number of halogens is 1. The summed E-state index contributed by atoms with van der Waals surface area (Å²) in [7, 11) is 0. The molecule has 0 aromatic heterocycles. The summed E-state index contributed by atoms with van der Waals surface area (Å²) in [5, 5.41) is 11.5. The summed E-state index contributed by atoms with van der Waals surface area (Å²) in [5.41, 5.74) is 5.98. The number of benzene rings is 1. The first-order chi connectivity index (χ1) is 15.0. The molecule has 1 rings (SSSR count). The number of hydrogen-bond donors (Lipinski definition) is 3. The standard InChI is InChI=1S/C21H28FN3O7/c1-12(2)18(24-21(31)32-11-14-7-5-4-6-8-14)20(30)25(13(3)19(23)29)15(9-17(27)28)16(26)10-22/h4-8,12-13,15,18H,9-11H2,1-3H3,(H2,23,29)(H,24,31)(H,27,28)/t13-,15-,18-/m0/s1. The molecule has 0 heterocycles. The van der Waals surface area contributed by atoms with Crippen molar-refractivity contribution in [2.24, 2.45) is 11.7 Å². The summed E-state index contributed by atoms with van der Waals surface area (Å²) in [6, 6.07) is 4.24. The van der Waals surface area contributed by atoms with E-state index in [-0.39, 0.29) is 6.61 Å². The number of nitrogens with zero attached hydrogens (tertiary/aromatic N) is 1. The normalized spacial score (nSPS) is 13.5. The lowest BCUT2D eigenvalue weighted by molar-refractivity contribution is -0.152. The predicted octanol–water partition coefficient (Wildman–Crippen LogP) is 1.02. The lowest BCUT2D eigenvalue weighted by Gasteiger charge is -2.36. The summed E-state index contributed by atoms with van der Waals surface area (Å²) in [6.07, 6.45) is -1.88. The average molecular weight is 453 g/mol. The van der Waals surface area contributed by atoms with Gasteiger partial charge in [-0.3, -0.25) is 19.2 Å². The Kier molecular flexibility index (Phi) is 10.3. The second kappa shape index (κ2) is 12.4. The maximum Gasteiger partial charge on any atom is 0.408 e. The molecule has 3 amide bonds. The Morgan fingerprint density at radius 3 is 2.19 bits per heavy atom. The van der Waals surface area contributed by atoms with Gasteiger partial charge in [-0.1, -0.05) is 44.2 Å². The van der Waals surface area contributed by atoms with Gasteiger partial charge in [-0.25, -0.2) is 9.18 Å². The zero-order valence-corrected chi connectivity index (χ0v) is 18.1. The number of carboxylic acids is 1. The third-order valence-corrected chi connectivity index (χ3v) is 4.71. The van der Waals surface area contributed by atoms with Crippen LogP contribution in [0.1, 0.15) is 32.8 Å². The second-order valence-corrected chi connectivity index (χ2v) is 7.47.